The molecule has 5 heteroatoms. The first-order valence-corrected chi connectivity index (χ1v) is 4.43. The van der Waals surface area contributed by atoms with Gasteiger partial charge in [0.2, 0.25) is 0 Å². The van der Waals surface area contributed by atoms with E-state index in [2.05, 4.69) is 15.3 Å². The van der Waals surface area contributed by atoms with E-state index >= 15 is 0 Å². The maximum absolute atomic E-state index is 13.2. The molecule has 0 amide bonds. The fourth-order valence-corrected chi connectivity index (χ4v) is 1.21. The third-order valence-electron chi connectivity index (χ3n) is 1.95. The maximum Gasteiger partial charge on any atom is 0.181 e. The lowest BCUT2D eigenvalue weighted by atomic mass is 10.3. The molecule has 2 aromatic rings. The molecule has 0 unspecified atom stereocenters. The number of aromatic nitrogens is 2. The Morgan fingerprint density at radius 1 is 1.33 bits per heavy atom. The summed E-state index contributed by atoms with van der Waals surface area (Å²) in [7, 11) is 0. The second-order valence-electron chi connectivity index (χ2n) is 2.99. The summed E-state index contributed by atoms with van der Waals surface area (Å²) >= 11 is 0. The molecule has 1 aromatic carbocycles. The van der Waals surface area contributed by atoms with Crippen molar-refractivity contribution in [1.29, 1.82) is 0 Å². The van der Waals surface area contributed by atoms with E-state index in [1.54, 1.807) is 12.4 Å². The molecule has 1 aromatic heterocycles. The summed E-state index contributed by atoms with van der Waals surface area (Å²) in [5.74, 6) is -1.07. The molecule has 78 valence electrons. The van der Waals surface area contributed by atoms with E-state index in [1.807, 2.05) is 0 Å². The summed E-state index contributed by atoms with van der Waals surface area (Å²) < 4.78 is 26.0. The smallest absolute Gasteiger partial charge is 0.181 e. The number of rotatable bonds is 3. The minimum Gasteiger partial charge on any atom is -0.375 e. The van der Waals surface area contributed by atoms with E-state index in [0.29, 0.717) is 12.4 Å². The van der Waals surface area contributed by atoms with Gasteiger partial charge in [-0.2, -0.15) is 0 Å². The topological polar surface area (TPSA) is 40.7 Å². The van der Waals surface area contributed by atoms with Crippen LogP contribution in [0.3, 0.4) is 0 Å². The van der Waals surface area contributed by atoms with Crippen molar-refractivity contribution in [3.05, 3.63) is 48.1 Å². The van der Waals surface area contributed by atoms with Gasteiger partial charge in [-0.15, -0.1) is 0 Å². The van der Waals surface area contributed by atoms with E-state index in [1.165, 1.54) is 12.1 Å². The quantitative estimate of drug-likeness (QED) is 0.814. The Bertz CT molecular complexity index is 440. The second kappa shape index (κ2) is 4.08. The van der Waals surface area contributed by atoms with Gasteiger partial charge in [0, 0.05) is 12.4 Å². The Kier molecular flexibility index (Phi) is 2.62. The van der Waals surface area contributed by atoms with Gasteiger partial charge in [-0.25, -0.2) is 13.8 Å². The van der Waals surface area contributed by atoms with Gasteiger partial charge in [0.25, 0.3) is 0 Å². The molecule has 0 fully saturated rings. The van der Waals surface area contributed by atoms with Crippen LogP contribution in [0.1, 0.15) is 5.82 Å². The SMILES string of the molecule is Fc1cccc(NCc2ncc[nH]2)c1F. The highest BCUT2D eigenvalue weighted by Gasteiger charge is 2.06. The number of nitrogens with one attached hydrogen (secondary N) is 2. The summed E-state index contributed by atoms with van der Waals surface area (Å²) in [5.41, 5.74) is 0.131. The molecular weight excluding hydrogens is 200 g/mol. The minimum absolute atomic E-state index is 0.131. The molecule has 15 heavy (non-hydrogen) atoms. The number of hydrogen-bond acceptors (Lipinski definition) is 2. The average molecular weight is 209 g/mol. The fourth-order valence-electron chi connectivity index (χ4n) is 1.21. The summed E-state index contributed by atoms with van der Waals surface area (Å²) in [6, 6.07) is 4.00. The predicted molar refractivity (Wildman–Crippen MR) is 52.3 cm³/mol. The third kappa shape index (κ3) is 2.12. The lowest BCUT2D eigenvalue weighted by Gasteiger charge is -2.05. The molecule has 0 aliphatic rings. The molecule has 0 bridgehead atoms. The largest absolute Gasteiger partial charge is 0.375 e. The molecule has 0 aliphatic carbocycles. The first kappa shape index (κ1) is 9.64. The van der Waals surface area contributed by atoms with Crippen molar-refractivity contribution in [1.82, 2.24) is 9.97 Å². The van der Waals surface area contributed by atoms with Crippen LogP contribution < -0.4 is 5.32 Å². The molecule has 0 saturated heterocycles. The Balaban J connectivity index is 2.08. The van der Waals surface area contributed by atoms with Crippen molar-refractivity contribution < 1.29 is 8.78 Å². The zero-order valence-corrected chi connectivity index (χ0v) is 7.80. The van der Waals surface area contributed by atoms with Crippen molar-refractivity contribution in [3.63, 3.8) is 0 Å². The average Bonchev–Trinajstić information content (AvgIpc) is 2.73. The summed E-state index contributed by atoms with van der Waals surface area (Å²) in [4.78, 5) is 6.80. The molecule has 0 radical (unpaired) electrons. The number of nitrogens with zero attached hydrogens (tertiary/aromatic N) is 1. The highest BCUT2D eigenvalue weighted by atomic mass is 19.2. The van der Waals surface area contributed by atoms with E-state index in [-0.39, 0.29) is 5.69 Å². The molecule has 0 atom stereocenters. The Morgan fingerprint density at radius 3 is 2.93 bits per heavy atom. The molecule has 2 N–H and O–H groups in total. The van der Waals surface area contributed by atoms with Crippen LogP contribution in [-0.4, -0.2) is 9.97 Å². The number of imidazole rings is 1. The highest BCUT2D eigenvalue weighted by molar-refractivity contribution is 5.44. The van der Waals surface area contributed by atoms with Gasteiger partial charge in [0.1, 0.15) is 5.82 Å². The van der Waals surface area contributed by atoms with Crippen molar-refractivity contribution >= 4 is 5.69 Å². The highest BCUT2D eigenvalue weighted by Crippen LogP contribution is 2.16. The van der Waals surface area contributed by atoms with Gasteiger partial charge in [0.15, 0.2) is 11.6 Å². The first-order chi connectivity index (χ1) is 7.27. The number of anilines is 1. The normalized spacial score (nSPS) is 10.3. The zero-order valence-electron chi connectivity index (χ0n) is 7.80. The monoisotopic (exact) mass is 209 g/mol. The number of aromatic amines is 1. The van der Waals surface area contributed by atoms with Crippen LogP contribution in [0, 0.1) is 11.6 Å². The standard InChI is InChI=1S/C10H9F2N3/c11-7-2-1-3-8(10(7)12)15-6-9-13-4-5-14-9/h1-5,15H,6H2,(H,13,14). The summed E-state index contributed by atoms with van der Waals surface area (Å²) in [6.07, 6.45) is 3.26. The van der Waals surface area contributed by atoms with Crippen LogP contribution in [0.4, 0.5) is 14.5 Å². The van der Waals surface area contributed by atoms with E-state index in [4.69, 9.17) is 0 Å². The summed E-state index contributed by atoms with van der Waals surface area (Å²) in [6.45, 7) is 0.327. The number of H-pyrrole nitrogens is 1. The van der Waals surface area contributed by atoms with Gasteiger partial charge in [-0.05, 0) is 12.1 Å². The fraction of sp³-hybridized carbons (Fsp3) is 0.100. The lowest BCUT2D eigenvalue weighted by Crippen LogP contribution is -2.03. The summed E-state index contributed by atoms with van der Waals surface area (Å²) in [5, 5.41) is 2.75. The Hall–Kier alpha value is -1.91. The molecule has 0 aliphatic heterocycles. The van der Waals surface area contributed by atoms with Crippen molar-refractivity contribution in [3.8, 4) is 0 Å². The van der Waals surface area contributed by atoms with E-state index in [9.17, 15) is 8.78 Å². The molecular formula is C10H9F2N3. The Morgan fingerprint density at radius 2 is 2.20 bits per heavy atom. The van der Waals surface area contributed by atoms with Crippen LogP contribution in [0.25, 0.3) is 0 Å². The molecule has 2 rings (SSSR count). The maximum atomic E-state index is 13.2. The van der Waals surface area contributed by atoms with Crippen LogP contribution in [0.5, 0.6) is 0 Å². The van der Waals surface area contributed by atoms with Gasteiger partial charge >= 0.3 is 0 Å². The molecule has 1 heterocycles. The van der Waals surface area contributed by atoms with Crippen LogP contribution in [-0.2, 0) is 6.54 Å². The van der Waals surface area contributed by atoms with Gasteiger partial charge in [-0.3, -0.25) is 0 Å². The van der Waals surface area contributed by atoms with Gasteiger partial charge in [0.05, 0.1) is 12.2 Å². The number of halogens is 2. The zero-order chi connectivity index (χ0) is 10.7. The lowest BCUT2D eigenvalue weighted by molar-refractivity contribution is 0.511. The molecule has 3 nitrogen and oxygen atoms in total. The molecule has 0 spiro atoms. The van der Waals surface area contributed by atoms with Crippen LogP contribution in [0.2, 0.25) is 0 Å². The van der Waals surface area contributed by atoms with Crippen molar-refractivity contribution in [2.24, 2.45) is 0 Å². The van der Waals surface area contributed by atoms with Crippen molar-refractivity contribution in [2.75, 3.05) is 5.32 Å². The number of benzene rings is 1. The third-order valence-corrected chi connectivity index (χ3v) is 1.95. The number of hydrogen-bond donors (Lipinski definition) is 2. The minimum atomic E-state index is -0.871. The van der Waals surface area contributed by atoms with Crippen LogP contribution >= 0.6 is 0 Å². The molecule has 0 saturated carbocycles. The van der Waals surface area contributed by atoms with E-state index < -0.39 is 11.6 Å². The van der Waals surface area contributed by atoms with Crippen LogP contribution in [0.15, 0.2) is 30.6 Å². The van der Waals surface area contributed by atoms with Gasteiger partial charge in [-0.1, -0.05) is 6.07 Å². The van der Waals surface area contributed by atoms with Gasteiger partial charge < -0.3 is 10.3 Å². The Labute approximate surface area is 85.2 Å². The van der Waals surface area contributed by atoms with Crippen molar-refractivity contribution in [2.45, 2.75) is 6.54 Å². The first-order valence-electron chi connectivity index (χ1n) is 4.43. The predicted octanol–water partition coefficient (Wildman–Crippen LogP) is 2.30. The second-order valence-corrected chi connectivity index (χ2v) is 2.99. The van der Waals surface area contributed by atoms with E-state index in [0.717, 1.165) is 6.07 Å².